The molecule has 1 amide bonds. The number of nitrogens with one attached hydrogen (secondary N) is 2. The molecule has 2 N–H and O–H groups in total. The lowest BCUT2D eigenvalue weighted by Crippen LogP contribution is -2.25. The van der Waals surface area contributed by atoms with Gasteiger partial charge in [-0.25, -0.2) is 0 Å². The van der Waals surface area contributed by atoms with Gasteiger partial charge < -0.3 is 15.5 Å². The zero-order chi connectivity index (χ0) is 14.7. The van der Waals surface area contributed by atoms with Gasteiger partial charge in [0.1, 0.15) is 0 Å². The molecule has 1 aliphatic rings. The number of likely N-dealkylation sites (N-methyl/N-ethyl adjacent to an activating group) is 1. The normalized spacial score (nSPS) is 22.8. The lowest BCUT2D eigenvalue weighted by atomic mass is 10.1. The Balaban J connectivity index is 2.09. The van der Waals surface area contributed by atoms with Crippen molar-refractivity contribution < 1.29 is 4.79 Å². The van der Waals surface area contributed by atoms with Gasteiger partial charge in [-0.3, -0.25) is 4.79 Å². The minimum atomic E-state index is 0.0551. The second-order valence-corrected chi connectivity index (χ2v) is 5.75. The Morgan fingerprint density at radius 3 is 2.70 bits per heavy atom. The van der Waals surface area contributed by atoms with E-state index < -0.39 is 0 Å². The summed E-state index contributed by atoms with van der Waals surface area (Å²) in [7, 11) is 2.16. The molecule has 1 aromatic rings. The van der Waals surface area contributed by atoms with Gasteiger partial charge >= 0.3 is 0 Å². The minimum absolute atomic E-state index is 0.0551. The molecule has 1 aromatic carbocycles. The average molecular weight is 275 g/mol. The summed E-state index contributed by atoms with van der Waals surface area (Å²) in [6.07, 6.45) is 1.66. The Morgan fingerprint density at radius 2 is 2.10 bits per heavy atom. The lowest BCUT2D eigenvalue weighted by molar-refractivity contribution is -0.115. The summed E-state index contributed by atoms with van der Waals surface area (Å²) >= 11 is 0. The Morgan fingerprint density at radius 1 is 1.40 bits per heavy atom. The number of hydrogen-bond acceptors (Lipinski definition) is 3. The van der Waals surface area contributed by atoms with Crippen molar-refractivity contribution in [3.63, 3.8) is 0 Å². The molecule has 0 bridgehead atoms. The van der Waals surface area contributed by atoms with E-state index in [1.54, 1.807) is 0 Å². The monoisotopic (exact) mass is 275 g/mol. The summed E-state index contributed by atoms with van der Waals surface area (Å²) in [5, 5.41) is 6.56. The smallest absolute Gasteiger partial charge is 0.224 e. The fourth-order valence-corrected chi connectivity index (χ4v) is 2.68. The lowest BCUT2D eigenvalue weighted by Gasteiger charge is -2.18. The Labute approximate surface area is 121 Å². The summed E-state index contributed by atoms with van der Waals surface area (Å²) < 4.78 is 0. The highest BCUT2D eigenvalue weighted by Crippen LogP contribution is 2.26. The number of carbonyl (C=O) groups excluding carboxylic acids is 1. The molecule has 110 valence electrons. The third-order valence-electron chi connectivity index (χ3n) is 4.18. The first-order chi connectivity index (χ1) is 9.51. The molecule has 0 aromatic heterocycles. The van der Waals surface area contributed by atoms with E-state index in [1.807, 2.05) is 19.1 Å². The van der Waals surface area contributed by atoms with Gasteiger partial charge in [0.05, 0.1) is 0 Å². The number of carbonyl (C=O) groups is 1. The van der Waals surface area contributed by atoms with Crippen molar-refractivity contribution in [2.75, 3.05) is 24.2 Å². The Hall–Kier alpha value is -1.55. The second kappa shape index (κ2) is 6.27. The number of benzene rings is 1. The first-order valence-corrected chi connectivity index (χ1v) is 7.37. The van der Waals surface area contributed by atoms with Crippen LogP contribution in [0, 0.1) is 6.92 Å². The van der Waals surface area contributed by atoms with E-state index in [1.165, 1.54) is 0 Å². The summed E-state index contributed by atoms with van der Waals surface area (Å²) in [5.41, 5.74) is 3.13. The number of nitrogens with zero attached hydrogens (tertiary/aromatic N) is 1. The number of likely N-dealkylation sites (tertiary alicyclic amines) is 1. The molecule has 20 heavy (non-hydrogen) atoms. The summed E-state index contributed by atoms with van der Waals surface area (Å²) in [4.78, 5) is 13.9. The molecule has 4 nitrogen and oxygen atoms in total. The molecule has 2 unspecified atom stereocenters. The van der Waals surface area contributed by atoms with E-state index >= 15 is 0 Å². The van der Waals surface area contributed by atoms with Crippen molar-refractivity contribution >= 4 is 17.3 Å². The summed E-state index contributed by atoms with van der Waals surface area (Å²) in [5.74, 6) is 0.0551. The first-order valence-electron chi connectivity index (χ1n) is 7.37. The Kier molecular flexibility index (Phi) is 4.65. The third-order valence-corrected chi connectivity index (χ3v) is 4.18. The first kappa shape index (κ1) is 14.9. The van der Waals surface area contributed by atoms with Crippen LogP contribution in [0.25, 0.3) is 0 Å². The van der Waals surface area contributed by atoms with Gasteiger partial charge in [0, 0.05) is 36.4 Å². The van der Waals surface area contributed by atoms with Crippen molar-refractivity contribution in [2.24, 2.45) is 0 Å². The SMILES string of the molecule is CCC(=O)Nc1cccc(NC2CC(C)N(C)C2)c1C. The molecule has 2 rings (SSSR count). The van der Waals surface area contributed by atoms with E-state index in [9.17, 15) is 4.79 Å². The number of rotatable bonds is 4. The summed E-state index contributed by atoms with van der Waals surface area (Å²) in [6.45, 7) is 7.23. The standard InChI is InChI=1S/C16H25N3O/c1-5-16(20)18-15-8-6-7-14(12(15)3)17-13-9-11(2)19(4)10-13/h6-8,11,13,17H,5,9-10H2,1-4H3,(H,18,20). The van der Waals surface area contributed by atoms with Crippen LogP contribution in [-0.4, -0.2) is 36.5 Å². The van der Waals surface area contributed by atoms with Crippen molar-refractivity contribution in [2.45, 2.75) is 45.7 Å². The van der Waals surface area contributed by atoms with Crippen LogP contribution < -0.4 is 10.6 Å². The number of hydrogen-bond donors (Lipinski definition) is 2. The van der Waals surface area contributed by atoms with Crippen LogP contribution in [0.1, 0.15) is 32.3 Å². The predicted molar refractivity (Wildman–Crippen MR) is 84.2 cm³/mol. The van der Waals surface area contributed by atoms with Crippen LogP contribution in [0.5, 0.6) is 0 Å². The van der Waals surface area contributed by atoms with Gasteiger partial charge in [0.2, 0.25) is 5.91 Å². The fraction of sp³-hybridized carbons (Fsp3) is 0.562. The maximum atomic E-state index is 11.5. The van der Waals surface area contributed by atoms with E-state index in [2.05, 4.69) is 42.5 Å². The topological polar surface area (TPSA) is 44.4 Å². The Bertz CT molecular complexity index is 477. The van der Waals surface area contributed by atoms with Gasteiger partial charge in [-0.05, 0) is 45.0 Å². The molecule has 1 aliphatic heterocycles. The van der Waals surface area contributed by atoms with Gasteiger partial charge in [-0.15, -0.1) is 0 Å². The van der Waals surface area contributed by atoms with Crippen molar-refractivity contribution in [3.05, 3.63) is 23.8 Å². The van der Waals surface area contributed by atoms with Gasteiger partial charge in [0.25, 0.3) is 0 Å². The quantitative estimate of drug-likeness (QED) is 0.888. The molecule has 0 radical (unpaired) electrons. The van der Waals surface area contributed by atoms with Crippen LogP contribution >= 0.6 is 0 Å². The van der Waals surface area contributed by atoms with Gasteiger partial charge in [-0.1, -0.05) is 13.0 Å². The molecule has 0 spiro atoms. The molecular weight excluding hydrogens is 250 g/mol. The van der Waals surface area contributed by atoms with Gasteiger partial charge in [0.15, 0.2) is 0 Å². The van der Waals surface area contributed by atoms with E-state index in [-0.39, 0.29) is 5.91 Å². The van der Waals surface area contributed by atoms with Crippen LogP contribution in [0.15, 0.2) is 18.2 Å². The maximum absolute atomic E-state index is 11.5. The van der Waals surface area contributed by atoms with E-state index in [0.717, 1.165) is 29.9 Å². The molecule has 4 heteroatoms. The van der Waals surface area contributed by atoms with E-state index in [4.69, 9.17) is 0 Å². The average Bonchev–Trinajstić information content (AvgIpc) is 2.73. The zero-order valence-corrected chi connectivity index (χ0v) is 12.9. The van der Waals surface area contributed by atoms with Crippen molar-refractivity contribution in [1.82, 2.24) is 4.90 Å². The molecule has 1 heterocycles. The summed E-state index contributed by atoms with van der Waals surface area (Å²) in [6, 6.07) is 7.13. The van der Waals surface area contributed by atoms with Crippen LogP contribution in [-0.2, 0) is 4.79 Å². The van der Waals surface area contributed by atoms with Crippen LogP contribution in [0.4, 0.5) is 11.4 Å². The highest BCUT2D eigenvalue weighted by Gasteiger charge is 2.26. The second-order valence-electron chi connectivity index (χ2n) is 5.75. The minimum Gasteiger partial charge on any atom is -0.381 e. The largest absolute Gasteiger partial charge is 0.381 e. The molecule has 0 saturated carbocycles. The molecule has 0 aliphatic carbocycles. The van der Waals surface area contributed by atoms with Gasteiger partial charge in [-0.2, -0.15) is 0 Å². The fourth-order valence-electron chi connectivity index (χ4n) is 2.68. The number of anilines is 2. The molecule has 2 atom stereocenters. The van der Waals surface area contributed by atoms with Crippen LogP contribution in [0.2, 0.25) is 0 Å². The maximum Gasteiger partial charge on any atom is 0.224 e. The predicted octanol–water partition coefficient (Wildman–Crippen LogP) is 2.85. The van der Waals surface area contributed by atoms with E-state index in [0.29, 0.717) is 18.5 Å². The van der Waals surface area contributed by atoms with Crippen molar-refractivity contribution in [3.8, 4) is 0 Å². The highest BCUT2D eigenvalue weighted by atomic mass is 16.1. The third kappa shape index (κ3) is 3.31. The highest BCUT2D eigenvalue weighted by molar-refractivity contribution is 5.92. The van der Waals surface area contributed by atoms with Crippen LogP contribution in [0.3, 0.4) is 0 Å². The van der Waals surface area contributed by atoms with Crippen molar-refractivity contribution in [1.29, 1.82) is 0 Å². The molecule has 1 fully saturated rings. The number of amides is 1. The molecular formula is C16H25N3O. The zero-order valence-electron chi connectivity index (χ0n) is 12.9. The molecule has 1 saturated heterocycles.